The number of carbonyl (C=O) groups is 6. The highest BCUT2D eigenvalue weighted by molar-refractivity contribution is 5.95. The summed E-state index contributed by atoms with van der Waals surface area (Å²) in [7, 11) is 1.19. The van der Waals surface area contributed by atoms with Gasteiger partial charge < -0.3 is 25.0 Å². The summed E-state index contributed by atoms with van der Waals surface area (Å²) in [4.78, 5) is 76.7. The first-order valence-corrected chi connectivity index (χ1v) is 16.0. The molecule has 0 spiro atoms. The maximum absolute atomic E-state index is 13.8. The van der Waals surface area contributed by atoms with Crippen molar-refractivity contribution in [3.63, 3.8) is 0 Å². The highest BCUT2D eigenvalue weighted by atomic mass is 16.5. The normalized spacial score (nSPS) is 32.3. The van der Waals surface area contributed by atoms with Crippen molar-refractivity contribution in [1.82, 2.24) is 5.32 Å². The average Bonchev–Trinajstić information content (AvgIpc) is 3.29. The first-order valence-electron chi connectivity index (χ1n) is 16.0. The number of phenols is 1. The third-order valence-corrected chi connectivity index (χ3v) is 11.4. The molecule has 4 aliphatic rings. The second-order valence-corrected chi connectivity index (χ2v) is 13.9. The number of ketones is 3. The fourth-order valence-corrected chi connectivity index (χ4v) is 8.87. The van der Waals surface area contributed by atoms with Crippen LogP contribution in [0.25, 0.3) is 0 Å². The van der Waals surface area contributed by atoms with Crippen LogP contribution in [0.4, 0.5) is 0 Å². The maximum atomic E-state index is 13.8. The number of esters is 2. The molecule has 46 heavy (non-hydrogen) atoms. The Labute approximate surface area is 268 Å². The van der Waals surface area contributed by atoms with Crippen molar-refractivity contribution < 1.29 is 48.5 Å². The number of hydrogen-bond donors (Lipinski definition) is 3. The number of hydrogen-bond acceptors (Lipinski definition) is 10. The number of rotatable bonds is 10. The molecule has 248 valence electrons. The van der Waals surface area contributed by atoms with Crippen LogP contribution in [-0.4, -0.2) is 70.8 Å². The van der Waals surface area contributed by atoms with Crippen LogP contribution in [0.5, 0.6) is 5.75 Å². The van der Waals surface area contributed by atoms with Crippen LogP contribution in [0.3, 0.4) is 0 Å². The van der Waals surface area contributed by atoms with Gasteiger partial charge in [-0.15, -0.1) is 0 Å². The van der Waals surface area contributed by atoms with Crippen molar-refractivity contribution in [1.29, 1.82) is 0 Å². The number of aliphatic hydroxyl groups is 1. The summed E-state index contributed by atoms with van der Waals surface area (Å²) in [6, 6.07) is 5.11. The molecule has 1 aromatic carbocycles. The Morgan fingerprint density at radius 1 is 1.02 bits per heavy atom. The first-order chi connectivity index (χ1) is 21.7. The molecule has 0 aromatic heterocycles. The van der Waals surface area contributed by atoms with Gasteiger partial charge in [0.25, 0.3) is 0 Å². The van der Waals surface area contributed by atoms with Crippen molar-refractivity contribution in [3.05, 3.63) is 41.5 Å². The third-order valence-electron chi connectivity index (χ3n) is 11.4. The quantitative estimate of drug-likeness (QED) is 0.324. The van der Waals surface area contributed by atoms with Gasteiger partial charge in [0, 0.05) is 37.0 Å². The Hall–Kier alpha value is -3.86. The largest absolute Gasteiger partial charge is 0.508 e. The fourth-order valence-electron chi connectivity index (χ4n) is 8.87. The lowest BCUT2D eigenvalue weighted by Crippen LogP contribution is -2.61. The Morgan fingerprint density at radius 3 is 2.43 bits per heavy atom. The number of ether oxygens (including phenoxy) is 2. The summed E-state index contributed by atoms with van der Waals surface area (Å²) in [5, 5.41) is 23.8. The van der Waals surface area contributed by atoms with E-state index in [0.29, 0.717) is 24.8 Å². The molecule has 11 heteroatoms. The zero-order valence-electron chi connectivity index (χ0n) is 26.6. The van der Waals surface area contributed by atoms with Gasteiger partial charge in [0.1, 0.15) is 23.2 Å². The lowest BCUT2D eigenvalue weighted by Gasteiger charge is -2.57. The molecular weight excluding hydrogens is 594 g/mol. The summed E-state index contributed by atoms with van der Waals surface area (Å²) >= 11 is 0. The molecule has 4 aliphatic carbocycles. The van der Waals surface area contributed by atoms with E-state index in [2.05, 4.69) is 12.2 Å². The van der Waals surface area contributed by atoms with Gasteiger partial charge in [-0.3, -0.25) is 24.0 Å². The van der Waals surface area contributed by atoms with E-state index in [4.69, 9.17) is 9.47 Å². The van der Waals surface area contributed by atoms with E-state index in [0.717, 1.165) is 18.4 Å². The number of Topliss-reactive ketones (excluding diaryl/α,β-unsaturated/α-hetero) is 2. The minimum Gasteiger partial charge on any atom is -0.508 e. The van der Waals surface area contributed by atoms with Crippen LogP contribution in [0.15, 0.2) is 35.9 Å². The Balaban J connectivity index is 1.16. The van der Waals surface area contributed by atoms with Crippen molar-refractivity contribution in [2.75, 3.05) is 13.7 Å². The molecule has 5 rings (SSSR count). The van der Waals surface area contributed by atoms with E-state index >= 15 is 0 Å². The predicted octanol–water partition coefficient (Wildman–Crippen LogP) is 2.93. The van der Waals surface area contributed by atoms with Crippen LogP contribution < -0.4 is 5.32 Å². The van der Waals surface area contributed by atoms with Gasteiger partial charge in [-0.1, -0.05) is 31.6 Å². The highest BCUT2D eigenvalue weighted by Crippen LogP contribution is 2.66. The molecule has 0 saturated heterocycles. The van der Waals surface area contributed by atoms with Gasteiger partial charge in [-0.2, -0.15) is 0 Å². The van der Waals surface area contributed by atoms with Gasteiger partial charge in [0.15, 0.2) is 12.4 Å². The average molecular weight is 638 g/mol. The van der Waals surface area contributed by atoms with Crippen LogP contribution in [0, 0.1) is 28.6 Å². The molecule has 1 aromatic rings. The maximum Gasteiger partial charge on any atom is 0.328 e. The molecule has 0 unspecified atom stereocenters. The van der Waals surface area contributed by atoms with Gasteiger partial charge in [-0.05, 0) is 73.1 Å². The van der Waals surface area contributed by atoms with E-state index < -0.39 is 47.3 Å². The third kappa shape index (κ3) is 6.01. The fraction of sp³-hybridized carbons (Fsp3) is 0.600. The van der Waals surface area contributed by atoms with Crippen LogP contribution in [-0.2, 0) is 44.7 Å². The second kappa shape index (κ2) is 12.7. The molecule has 3 saturated carbocycles. The summed E-state index contributed by atoms with van der Waals surface area (Å²) in [5.74, 6) is -2.90. The number of fused-ring (bicyclic) bond motifs is 5. The molecule has 0 aliphatic heterocycles. The minimum atomic E-state index is -1.84. The topological polar surface area (TPSA) is 173 Å². The minimum absolute atomic E-state index is 0.00709. The number of aromatic hydroxyl groups is 1. The van der Waals surface area contributed by atoms with Gasteiger partial charge in [0.05, 0.1) is 13.5 Å². The number of phenolic OH excluding ortho intramolecular Hbond substituents is 1. The van der Waals surface area contributed by atoms with E-state index in [1.807, 2.05) is 0 Å². The lowest BCUT2D eigenvalue weighted by molar-refractivity contribution is -0.173. The molecule has 7 atom stereocenters. The Kier molecular flexibility index (Phi) is 9.28. The lowest BCUT2D eigenvalue weighted by atomic mass is 9.46. The van der Waals surface area contributed by atoms with Crippen LogP contribution >= 0.6 is 0 Å². The van der Waals surface area contributed by atoms with Gasteiger partial charge >= 0.3 is 11.9 Å². The zero-order valence-corrected chi connectivity index (χ0v) is 26.6. The molecule has 0 heterocycles. The highest BCUT2D eigenvalue weighted by Gasteiger charge is 2.68. The first kappa shape index (κ1) is 33.5. The van der Waals surface area contributed by atoms with Crippen molar-refractivity contribution >= 4 is 35.2 Å². The monoisotopic (exact) mass is 637 g/mol. The van der Waals surface area contributed by atoms with Gasteiger partial charge in [-0.25, -0.2) is 4.79 Å². The molecule has 11 nitrogen and oxygen atoms in total. The van der Waals surface area contributed by atoms with E-state index in [9.17, 15) is 39.0 Å². The number of amides is 1. The van der Waals surface area contributed by atoms with Gasteiger partial charge in [0.2, 0.25) is 11.7 Å². The number of allylic oxidation sites excluding steroid dienone is 1. The standard InChI is InChI=1S/C35H43NO10/c1-33-14-12-23(38)17-21(33)6-9-24-25-13-15-35(44,34(25,2)18-27(39)31(24)33)28(40)19-46-30(42)11-10-29(41)36-26(32(43)45-3)16-20-4-7-22(37)8-5-20/h4-5,7-8,17,24-26,31,37,44H,6,9-16,18-19H2,1-3H3,(H,36,41)/t24-,25-,26-,31+,33-,34-,35-/m0/s1. The Bertz CT molecular complexity index is 1470. The number of benzene rings is 1. The van der Waals surface area contributed by atoms with Crippen LogP contribution in [0.1, 0.15) is 77.2 Å². The summed E-state index contributed by atoms with van der Waals surface area (Å²) in [6.45, 7) is 3.21. The molecule has 3 fully saturated rings. The summed E-state index contributed by atoms with van der Waals surface area (Å²) < 4.78 is 9.98. The molecular formula is C35H43NO10. The van der Waals surface area contributed by atoms with E-state index in [1.165, 1.54) is 19.2 Å². The number of methoxy groups -OCH3 is 1. The predicted molar refractivity (Wildman–Crippen MR) is 163 cm³/mol. The molecule has 1 amide bonds. The molecule has 0 radical (unpaired) electrons. The number of nitrogens with one attached hydrogen (secondary N) is 1. The van der Waals surface area contributed by atoms with Crippen molar-refractivity contribution in [2.24, 2.45) is 28.6 Å². The summed E-state index contributed by atoms with van der Waals surface area (Å²) in [6.07, 6.45) is 4.43. The van der Waals surface area contributed by atoms with Crippen LogP contribution in [0.2, 0.25) is 0 Å². The Morgan fingerprint density at radius 2 is 1.74 bits per heavy atom. The van der Waals surface area contributed by atoms with Crippen molar-refractivity contribution in [2.45, 2.75) is 89.7 Å². The van der Waals surface area contributed by atoms with Crippen molar-refractivity contribution in [3.8, 4) is 5.75 Å². The summed E-state index contributed by atoms with van der Waals surface area (Å²) in [5.41, 5.74) is -1.50. The molecule has 0 bridgehead atoms. The van der Waals surface area contributed by atoms with E-state index in [-0.39, 0.29) is 72.6 Å². The zero-order chi connectivity index (χ0) is 33.4. The smallest absolute Gasteiger partial charge is 0.328 e. The van der Waals surface area contributed by atoms with E-state index in [1.54, 1.807) is 25.1 Å². The molecule has 3 N–H and O–H groups in total. The number of carbonyl (C=O) groups excluding carboxylic acids is 6. The SMILES string of the molecule is COC(=O)[C@H](Cc1ccc(O)cc1)NC(=O)CCC(=O)OCC(=O)[C@@]1(O)CC[C@H]2[C@@H]3CCC4=CC(=O)CC[C@]4(C)[C@H]3C(=O)C[C@@]21C. The second-order valence-electron chi connectivity index (χ2n) is 13.9.